The lowest BCUT2D eigenvalue weighted by Gasteiger charge is -2.07. The molecule has 0 saturated heterocycles. The summed E-state index contributed by atoms with van der Waals surface area (Å²) in [5.74, 6) is 0.364. The summed E-state index contributed by atoms with van der Waals surface area (Å²) >= 11 is 3.08. The minimum absolute atomic E-state index is 0.0750. The van der Waals surface area contributed by atoms with Crippen molar-refractivity contribution in [2.45, 2.75) is 11.3 Å². The van der Waals surface area contributed by atoms with Crippen LogP contribution >= 0.6 is 15.9 Å². The summed E-state index contributed by atoms with van der Waals surface area (Å²) in [5.41, 5.74) is -0.486. The van der Waals surface area contributed by atoms with Gasteiger partial charge in [0.25, 0.3) is 5.69 Å². The molecule has 0 heterocycles. The summed E-state index contributed by atoms with van der Waals surface area (Å²) in [6, 6.07) is 3.70. The SMILES string of the molecule is CS(=O)CCCNS(=O)(=O)c1cc(Br)ccc1[N+](=O)[O-]. The molecule has 1 aromatic carbocycles. The lowest BCUT2D eigenvalue weighted by atomic mass is 10.3. The quantitative estimate of drug-likeness (QED) is 0.434. The van der Waals surface area contributed by atoms with Crippen LogP contribution in [-0.2, 0) is 20.8 Å². The Bertz CT molecular complexity index is 633. The highest BCUT2D eigenvalue weighted by atomic mass is 79.9. The normalized spacial score (nSPS) is 13.1. The zero-order valence-electron chi connectivity index (χ0n) is 10.5. The van der Waals surface area contributed by atoms with E-state index < -0.39 is 36.3 Å². The second-order valence-electron chi connectivity index (χ2n) is 3.90. The molecule has 0 amide bonds. The maximum absolute atomic E-state index is 12.0. The monoisotopic (exact) mass is 384 g/mol. The molecule has 0 spiro atoms. The summed E-state index contributed by atoms with van der Waals surface area (Å²) in [7, 11) is -4.98. The average Bonchev–Trinajstić information content (AvgIpc) is 2.34. The first kappa shape index (κ1) is 17.2. The molecular formula is C10H13BrN2O5S2. The molecule has 10 heteroatoms. The summed E-state index contributed by atoms with van der Waals surface area (Å²) in [6.45, 7) is 0.0750. The van der Waals surface area contributed by atoms with E-state index in [1.807, 2.05) is 0 Å². The molecule has 7 nitrogen and oxygen atoms in total. The molecule has 0 saturated carbocycles. The molecule has 1 aromatic rings. The van der Waals surface area contributed by atoms with Gasteiger partial charge in [0.15, 0.2) is 4.90 Å². The first-order valence-corrected chi connectivity index (χ1v) is 9.48. The van der Waals surface area contributed by atoms with E-state index in [0.29, 0.717) is 16.6 Å². The minimum atomic E-state index is -3.98. The Hall–Kier alpha value is -0.840. The number of hydrogen-bond donors (Lipinski definition) is 1. The first-order valence-electron chi connectivity index (χ1n) is 5.47. The largest absolute Gasteiger partial charge is 0.289 e. The van der Waals surface area contributed by atoms with Gasteiger partial charge in [-0.05, 0) is 18.6 Å². The van der Waals surface area contributed by atoms with Gasteiger partial charge in [0, 0.05) is 39.9 Å². The molecule has 1 atom stereocenters. The van der Waals surface area contributed by atoms with Crippen LogP contribution in [0.4, 0.5) is 5.69 Å². The van der Waals surface area contributed by atoms with Gasteiger partial charge in [-0.2, -0.15) is 0 Å². The standard InChI is InChI=1S/C10H13BrN2O5S2/c1-19(16)6-2-5-12-20(17,18)10-7-8(11)3-4-9(10)13(14)15/h3-4,7,12H,2,5-6H2,1H3. The third-order valence-electron chi connectivity index (χ3n) is 2.31. The van der Waals surface area contributed by atoms with Gasteiger partial charge < -0.3 is 0 Å². The van der Waals surface area contributed by atoms with Gasteiger partial charge in [-0.25, -0.2) is 13.1 Å². The van der Waals surface area contributed by atoms with E-state index in [2.05, 4.69) is 20.7 Å². The zero-order valence-corrected chi connectivity index (χ0v) is 13.8. The third-order valence-corrected chi connectivity index (χ3v) is 5.16. The predicted octanol–water partition coefficient (Wildman–Crippen LogP) is 1.40. The second-order valence-corrected chi connectivity index (χ2v) is 8.10. The summed E-state index contributed by atoms with van der Waals surface area (Å²) < 4.78 is 37.6. The number of rotatable bonds is 7. The van der Waals surface area contributed by atoms with Crippen molar-refractivity contribution in [1.82, 2.24) is 4.72 Å². The fourth-order valence-corrected chi connectivity index (χ4v) is 3.75. The molecule has 0 fully saturated rings. The first-order chi connectivity index (χ1) is 9.24. The lowest BCUT2D eigenvalue weighted by molar-refractivity contribution is -0.387. The maximum atomic E-state index is 12.0. The number of sulfonamides is 1. The van der Waals surface area contributed by atoms with Crippen LogP contribution in [0.25, 0.3) is 0 Å². The van der Waals surface area contributed by atoms with Crippen LogP contribution in [0.3, 0.4) is 0 Å². The molecule has 0 bridgehead atoms. The van der Waals surface area contributed by atoms with Gasteiger partial charge in [0.05, 0.1) is 4.92 Å². The predicted molar refractivity (Wildman–Crippen MR) is 79.5 cm³/mol. The van der Waals surface area contributed by atoms with Gasteiger partial charge in [-0.15, -0.1) is 0 Å². The topological polar surface area (TPSA) is 106 Å². The molecule has 1 unspecified atom stereocenters. The molecule has 1 rings (SSSR count). The number of benzene rings is 1. The molecular weight excluding hydrogens is 372 g/mol. The van der Waals surface area contributed by atoms with Crippen LogP contribution in [-0.4, -0.2) is 36.1 Å². The summed E-state index contributed by atoms with van der Waals surface area (Å²) in [4.78, 5) is 9.71. The summed E-state index contributed by atoms with van der Waals surface area (Å²) in [6.07, 6.45) is 1.91. The number of nitrogens with one attached hydrogen (secondary N) is 1. The smallest absolute Gasteiger partial charge is 0.260 e. The molecule has 0 radical (unpaired) electrons. The number of hydrogen-bond acceptors (Lipinski definition) is 5. The van der Waals surface area contributed by atoms with Gasteiger partial charge >= 0.3 is 0 Å². The van der Waals surface area contributed by atoms with E-state index in [1.165, 1.54) is 18.4 Å². The Morgan fingerprint density at radius 1 is 1.45 bits per heavy atom. The summed E-state index contributed by atoms with van der Waals surface area (Å²) in [5, 5.41) is 10.9. The van der Waals surface area contributed by atoms with Gasteiger partial charge in [-0.3, -0.25) is 14.3 Å². The van der Waals surface area contributed by atoms with Gasteiger partial charge in [-0.1, -0.05) is 15.9 Å². The highest BCUT2D eigenvalue weighted by molar-refractivity contribution is 9.10. The van der Waals surface area contributed by atoms with E-state index in [4.69, 9.17) is 0 Å². The van der Waals surface area contributed by atoms with Crippen molar-refractivity contribution in [3.05, 3.63) is 32.8 Å². The number of nitrogens with zero attached hydrogens (tertiary/aromatic N) is 1. The van der Waals surface area contributed by atoms with E-state index in [0.717, 1.165) is 6.07 Å². The van der Waals surface area contributed by atoms with E-state index in [-0.39, 0.29) is 6.54 Å². The van der Waals surface area contributed by atoms with Gasteiger partial charge in [0.1, 0.15) is 0 Å². The van der Waals surface area contributed by atoms with Crippen LogP contribution in [0.1, 0.15) is 6.42 Å². The molecule has 0 aliphatic carbocycles. The van der Waals surface area contributed by atoms with Crippen LogP contribution in [0.2, 0.25) is 0 Å². The maximum Gasteiger partial charge on any atom is 0.289 e. The third kappa shape index (κ3) is 4.93. The van der Waals surface area contributed by atoms with Crippen molar-refractivity contribution in [1.29, 1.82) is 0 Å². The van der Waals surface area contributed by atoms with Crippen molar-refractivity contribution in [3.8, 4) is 0 Å². The second kappa shape index (κ2) is 7.25. The number of halogens is 1. The van der Waals surface area contributed by atoms with E-state index >= 15 is 0 Å². The van der Waals surface area contributed by atoms with Crippen molar-refractivity contribution in [2.24, 2.45) is 0 Å². The molecule has 1 N–H and O–H groups in total. The average molecular weight is 385 g/mol. The lowest BCUT2D eigenvalue weighted by Crippen LogP contribution is -2.26. The molecule has 112 valence electrons. The Kier molecular flexibility index (Phi) is 6.24. The Morgan fingerprint density at radius 2 is 2.10 bits per heavy atom. The number of nitro benzene ring substituents is 1. The highest BCUT2D eigenvalue weighted by Crippen LogP contribution is 2.26. The Balaban J connectivity index is 2.94. The van der Waals surface area contributed by atoms with Crippen molar-refractivity contribution in [2.75, 3.05) is 18.6 Å². The van der Waals surface area contributed by atoms with Gasteiger partial charge in [0.2, 0.25) is 10.0 Å². The van der Waals surface area contributed by atoms with Crippen molar-refractivity contribution >= 4 is 42.4 Å². The highest BCUT2D eigenvalue weighted by Gasteiger charge is 2.25. The number of nitro groups is 1. The van der Waals surface area contributed by atoms with Crippen LogP contribution < -0.4 is 4.72 Å². The fourth-order valence-electron chi connectivity index (χ4n) is 1.41. The molecule has 20 heavy (non-hydrogen) atoms. The van der Waals surface area contributed by atoms with Crippen LogP contribution in [0.15, 0.2) is 27.6 Å². The van der Waals surface area contributed by atoms with E-state index in [1.54, 1.807) is 0 Å². The molecule has 0 aromatic heterocycles. The fraction of sp³-hybridized carbons (Fsp3) is 0.400. The van der Waals surface area contributed by atoms with Crippen LogP contribution in [0.5, 0.6) is 0 Å². The zero-order chi connectivity index (χ0) is 15.3. The molecule has 0 aliphatic heterocycles. The molecule has 0 aliphatic rings. The van der Waals surface area contributed by atoms with Crippen molar-refractivity contribution < 1.29 is 17.6 Å². The Labute approximate surface area is 127 Å². The Morgan fingerprint density at radius 3 is 2.65 bits per heavy atom. The van der Waals surface area contributed by atoms with E-state index in [9.17, 15) is 22.7 Å². The van der Waals surface area contributed by atoms with Crippen molar-refractivity contribution in [3.63, 3.8) is 0 Å². The minimum Gasteiger partial charge on any atom is -0.260 e. The van der Waals surface area contributed by atoms with Crippen LogP contribution in [0, 0.1) is 10.1 Å².